The molecule has 2 aromatic rings. The fraction of sp³-hybridized carbons (Fsp3) is 0.286. The number of benzene rings is 1. The lowest BCUT2D eigenvalue weighted by Gasteiger charge is -2.11. The molecule has 110 valence electrons. The average molecular weight is 305 g/mol. The number of oxazole rings is 1. The van der Waals surface area contributed by atoms with Gasteiger partial charge in [-0.05, 0) is 38.5 Å². The Morgan fingerprint density at radius 1 is 1.38 bits per heavy atom. The van der Waals surface area contributed by atoms with E-state index in [-0.39, 0.29) is 4.90 Å². The predicted molar refractivity (Wildman–Crippen MR) is 76.8 cm³/mol. The van der Waals surface area contributed by atoms with Crippen LogP contribution in [0.3, 0.4) is 0 Å². The molecular formula is C14H15N3O3S. The molecule has 0 radical (unpaired) electrons. The van der Waals surface area contributed by atoms with Gasteiger partial charge in [-0.25, -0.2) is 13.4 Å². The van der Waals surface area contributed by atoms with Crippen molar-refractivity contribution in [2.24, 2.45) is 0 Å². The normalized spacial score (nSPS) is 12.9. The van der Waals surface area contributed by atoms with E-state index in [2.05, 4.69) is 9.71 Å². The smallest absolute Gasteiger partial charge is 0.242 e. The highest BCUT2D eigenvalue weighted by Gasteiger charge is 2.20. The van der Waals surface area contributed by atoms with Crippen molar-refractivity contribution < 1.29 is 12.8 Å². The van der Waals surface area contributed by atoms with Gasteiger partial charge in [0.1, 0.15) is 12.3 Å². The molecule has 0 saturated heterocycles. The number of nitriles is 1. The van der Waals surface area contributed by atoms with Crippen molar-refractivity contribution in [1.29, 1.82) is 5.26 Å². The summed E-state index contributed by atoms with van der Waals surface area (Å²) in [4.78, 5) is 4.29. The lowest BCUT2D eigenvalue weighted by Crippen LogP contribution is -2.31. The van der Waals surface area contributed by atoms with Crippen molar-refractivity contribution in [3.8, 4) is 17.5 Å². The van der Waals surface area contributed by atoms with E-state index in [0.29, 0.717) is 22.7 Å². The summed E-state index contributed by atoms with van der Waals surface area (Å²) in [7, 11) is -3.77. The van der Waals surface area contributed by atoms with Gasteiger partial charge in [0.15, 0.2) is 0 Å². The SMILES string of the molecule is Cc1coc(-c2ccc(C)c(S(=O)(=O)NC(C)C#N)c2)n1. The molecule has 0 bridgehead atoms. The Kier molecular flexibility index (Phi) is 4.11. The number of nitrogens with one attached hydrogen (secondary N) is 1. The number of nitrogens with zero attached hydrogens (tertiary/aromatic N) is 2. The van der Waals surface area contributed by atoms with Crippen molar-refractivity contribution in [3.63, 3.8) is 0 Å². The van der Waals surface area contributed by atoms with Crippen molar-refractivity contribution in [3.05, 3.63) is 35.7 Å². The Morgan fingerprint density at radius 3 is 2.67 bits per heavy atom. The molecular weight excluding hydrogens is 290 g/mol. The molecule has 1 heterocycles. The first kappa shape index (κ1) is 15.2. The number of aryl methyl sites for hydroxylation is 2. The van der Waals surface area contributed by atoms with Crippen LogP contribution in [0.25, 0.3) is 11.5 Å². The minimum Gasteiger partial charge on any atom is -0.444 e. The minimum atomic E-state index is -3.77. The number of rotatable bonds is 4. The van der Waals surface area contributed by atoms with E-state index < -0.39 is 16.1 Å². The van der Waals surface area contributed by atoms with Crippen LogP contribution in [0.2, 0.25) is 0 Å². The first-order valence-corrected chi connectivity index (χ1v) is 7.77. The van der Waals surface area contributed by atoms with Crippen LogP contribution in [0.15, 0.2) is 33.8 Å². The molecule has 0 fully saturated rings. The van der Waals surface area contributed by atoms with Gasteiger partial charge < -0.3 is 4.42 Å². The summed E-state index contributed by atoms with van der Waals surface area (Å²) in [6.07, 6.45) is 1.50. The summed E-state index contributed by atoms with van der Waals surface area (Å²) in [5, 5.41) is 8.75. The van der Waals surface area contributed by atoms with Crippen LogP contribution in [-0.4, -0.2) is 19.4 Å². The molecule has 6 nitrogen and oxygen atoms in total. The first-order valence-electron chi connectivity index (χ1n) is 6.28. The Balaban J connectivity index is 2.47. The maximum atomic E-state index is 12.3. The third-order valence-electron chi connectivity index (χ3n) is 2.87. The molecule has 21 heavy (non-hydrogen) atoms. The second-order valence-corrected chi connectivity index (χ2v) is 6.43. The van der Waals surface area contributed by atoms with Crippen LogP contribution >= 0.6 is 0 Å². The molecule has 1 N–H and O–H groups in total. The first-order chi connectivity index (χ1) is 9.83. The topological polar surface area (TPSA) is 96.0 Å². The van der Waals surface area contributed by atoms with Crippen molar-refractivity contribution in [2.75, 3.05) is 0 Å². The quantitative estimate of drug-likeness (QED) is 0.933. The van der Waals surface area contributed by atoms with E-state index in [9.17, 15) is 8.42 Å². The van der Waals surface area contributed by atoms with Crippen LogP contribution in [-0.2, 0) is 10.0 Å². The molecule has 0 aliphatic heterocycles. The Bertz CT molecular complexity index is 803. The largest absolute Gasteiger partial charge is 0.444 e. The standard InChI is InChI=1S/C14H15N3O3S/c1-9-4-5-12(14-16-11(3)8-20-14)6-13(9)21(18,19)17-10(2)7-15/h4-6,8,10,17H,1-3H3. The van der Waals surface area contributed by atoms with Gasteiger partial charge in [-0.1, -0.05) is 6.07 Å². The minimum absolute atomic E-state index is 0.109. The molecule has 1 unspecified atom stereocenters. The monoisotopic (exact) mass is 305 g/mol. The van der Waals surface area contributed by atoms with Gasteiger partial charge in [0.05, 0.1) is 16.7 Å². The van der Waals surface area contributed by atoms with Crippen LogP contribution in [0.1, 0.15) is 18.2 Å². The highest BCUT2D eigenvalue weighted by molar-refractivity contribution is 7.89. The van der Waals surface area contributed by atoms with Crippen LogP contribution in [0.5, 0.6) is 0 Å². The molecule has 1 aromatic carbocycles. The predicted octanol–water partition coefficient (Wildman–Crippen LogP) is 2.15. The zero-order valence-electron chi connectivity index (χ0n) is 11.9. The van der Waals surface area contributed by atoms with Gasteiger partial charge >= 0.3 is 0 Å². The van der Waals surface area contributed by atoms with E-state index in [1.165, 1.54) is 19.3 Å². The zero-order valence-corrected chi connectivity index (χ0v) is 12.7. The maximum Gasteiger partial charge on any atom is 0.242 e. The highest BCUT2D eigenvalue weighted by atomic mass is 32.2. The zero-order chi connectivity index (χ0) is 15.6. The van der Waals surface area contributed by atoms with Gasteiger partial charge in [0, 0.05) is 5.56 Å². The second kappa shape index (κ2) is 5.68. The molecule has 7 heteroatoms. The second-order valence-electron chi connectivity index (χ2n) is 4.75. The molecule has 0 saturated carbocycles. The van der Waals surface area contributed by atoms with Crippen molar-refractivity contribution in [2.45, 2.75) is 31.7 Å². The van der Waals surface area contributed by atoms with E-state index in [0.717, 1.165) is 0 Å². The summed E-state index contributed by atoms with van der Waals surface area (Å²) >= 11 is 0. The van der Waals surface area contributed by atoms with Gasteiger partial charge in [-0.2, -0.15) is 9.98 Å². The van der Waals surface area contributed by atoms with Gasteiger partial charge in [0.25, 0.3) is 0 Å². The Morgan fingerprint density at radius 2 is 2.10 bits per heavy atom. The fourth-order valence-corrected chi connectivity index (χ4v) is 3.25. The molecule has 0 aliphatic rings. The Hall–Kier alpha value is -2.17. The molecule has 0 amide bonds. The lowest BCUT2D eigenvalue weighted by atomic mass is 10.1. The van der Waals surface area contributed by atoms with E-state index in [4.69, 9.17) is 9.68 Å². The van der Waals surface area contributed by atoms with Gasteiger partial charge in [-0.15, -0.1) is 0 Å². The third-order valence-corrected chi connectivity index (χ3v) is 4.55. The van der Waals surface area contributed by atoms with E-state index >= 15 is 0 Å². The molecule has 1 atom stereocenters. The molecule has 2 rings (SSSR count). The van der Waals surface area contributed by atoms with Crippen molar-refractivity contribution in [1.82, 2.24) is 9.71 Å². The summed E-state index contributed by atoms with van der Waals surface area (Å²) in [6.45, 7) is 4.96. The molecule has 1 aromatic heterocycles. The molecule has 0 aliphatic carbocycles. The summed E-state index contributed by atoms with van der Waals surface area (Å²) in [5.41, 5.74) is 1.87. The van der Waals surface area contributed by atoms with Crippen LogP contribution in [0.4, 0.5) is 0 Å². The molecule has 0 spiro atoms. The van der Waals surface area contributed by atoms with Crippen LogP contribution in [0, 0.1) is 25.2 Å². The van der Waals surface area contributed by atoms with E-state index in [1.54, 1.807) is 26.0 Å². The van der Waals surface area contributed by atoms with E-state index in [1.807, 2.05) is 6.07 Å². The van der Waals surface area contributed by atoms with Gasteiger partial charge in [-0.3, -0.25) is 0 Å². The summed E-state index contributed by atoms with van der Waals surface area (Å²) < 4.78 is 32.2. The van der Waals surface area contributed by atoms with Crippen LogP contribution < -0.4 is 4.72 Å². The fourth-order valence-electron chi connectivity index (χ4n) is 1.83. The number of hydrogen-bond donors (Lipinski definition) is 1. The lowest BCUT2D eigenvalue weighted by molar-refractivity contribution is 0.572. The summed E-state index contributed by atoms with van der Waals surface area (Å²) in [6, 6.07) is 5.95. The number of sulfonamides is 1. The average Bonchev–Trinajstić information content (AvgIpc) is 2.85. The van der Waals surface area contributed by atoms with Crippen molar-refractivity contribution >= 4 is 10.0 Å². The third kappa shape index (κ3) is 3.29. The Labute approximate surface area is 123 Å². The maximum absolute atomic E-state index is 12.3. The number of hydrogen-bond acceptors (Lipinski definition) is 5. The number of aromatic nitrogens is 1. The van der Waals surface area contributed by atoms with Gasteiger partial charge in [0.2, 0.25) is 15.9 Å². The highest BCUT2D eigenvalue weighted by Crippen LogP contribution is 2.24. The summed E-state index contributed by atoms with van der Waals surface area (Å²) in [5.74, 6) is 0.359.